The lowest BCUT2D eigenvalue weighted by Crippen LogP contribution is -2.21. The van der Waals surface area contributed by atoms with Crippen molar-refractivity contribution in [1.29, 1.82) is 0 Å². The first-order valence-corrected chi connectivity index (χ1v) is 11.7. The monoisotopic (exact) mass is 534 g/mol. The summed E-state index contributed by atoms with van der Waals surface area (Å²) in [5, 5.41) is 7.12. The largest absolute Gasteiger partial charge is 0.490 e. The molecule has 0 unspecified atom stereocenters. The lowest BCUT2D eigenvalue weighted by Gasteiger charge is -2.13. The zero-order valence-electron chi connectivity index (χ0n) is 18.6. The number of alkyl halides is 3. The third-order valence-electron chi connectivity index (χ3n) is 4.71. The molecule has 4 rings (SSSR count). The molecular formula is C24H18F4N4O4S. The molecule has 0 saturated carbocycles. The van der Waals surface area contributed by atoms with Gasteiger partial charge in [-0.3, -0.25) is 4.72 Å². The van der Waals surface area contributed by atoms with Crippen LogP contribution in [0.2, 0.25) is 0 Å². The second kappa shape index (κ2) is 11.0. The molecule has 4 N–H and O–H groups in total. The number of carbonyl (C=O) groups is 1. The number of nitrogens with two attached hydrogens (primary N) is 1. The smallest absolute Gasteiger partial charge is 0.475 e. The first-order valence-electron chi connectivity index (χ1n) is 10.2. The van der Waals surface area contributed by atoms with Crippen molar-refractivity contribution in [1.82, 2.24) is 9.97 Å². The van der Waals surface area contributed by atoms with Crippen molar-refractivity contribution in [3.8, 4) is 22.3 Å². The van der Waals surface area contributed by atoms with Gasteiger partial charge in [-0.25, -0.2) is 27.6 Å². The summed E-state index contributed by atoms with van der Waals surface area (Å²) >= 11 is 0. The van der Waals surface area contributed by atoms with Crippen LogP contribution in [0.5, 0.6) is 0 Å². The predicted octanol–water partition coefficient (Wildman–Crippen LogP) is 4.97. The summed E-state index contributed by atoms with van der Waals surface area (Å²) in [5.41, 5.74) is 7.50. The number of nitrogen functional groups attached to an aromatic ring is 1. The highest BCUT2D eigenvalue weighted by atomic mass is 32.2. The Kier molecular flexibility index (Phi) is 8.07. The number of aliphatic carboxylic acids is 1. The number of nitrogens with one attached hydrogen (secondary N) is 1. The van der Waals surface area contributed by atoms with Crippen molar-refractivity contribution in [2.75, 3.05) is 10.5 Å². The molecule has 3 aromatic carbocycles. The molecule has 0 bridgehead atoms. The number of carboxylic acids is 1. The van der Waals surface area contributed by atoms with Gasteiger partial charge in [-0.15, -0.1) is 0 Å². The predicted molar refractivity (Wildman–Crippen MR) is 128 cm³/mol. The average Bonchev–Trinajstić information content (AvgIpc) is 2.85. The van der Waals surface area contributed by atoms with Crippen LogP contribution in [0, 0.1) is 5.82 Å². The van der Waals surface area contributed by atoms with Crippen LogP contribution in [0.15, 0.2) is 90.1 Å². The topological polar surface area (TPSA) is 135 Å². The Hall–Kier alpha value is -4.52. The number of hydrogen-bond donors (Lipinski definition) is 3. The van der Waals surface area contributed by atoms with E-state index in [0.717, 1.165) is 0 Å². The molecule has 37 heavy (non-hydrogen) atoms. The zero-order valence-corrected chi connectivity index (χ0v) is 19.5. The summed E-state index contributed by atoms with van der Waals surface area (Å²) in [6, 6.07) is 19.5. The Bertz CT molecular complexity index is 1500. The van der Waals surface area contributed by atoms with Gasteiger partial charge in [0.05, 0.1) is 4.90 Å². The third-order valence-corrected chi connectivity index (χ3v) is 6.15. The summed E-state index contributed by atoms with van der Waals surface area (Å²) < 4.78 is 75.1. The average molecular weight is 534 g/mol. The summed E-state index contributed by atoms with van der Waals surface area (Å²) in [6.07, 6.45) is -2.22. The Balaban J connectivity index is 0.000000479. The first kappa shape index (κ1) is 27.1. The molecule has 0 fully saturated rings. The molecule has 192 valence electrons. The molecule has 0 saturated heterocycles. The fraction of sp³-hybridized carbons (Fsp3) is 0.0417. The van der Waals surface area contributed by atoms with Crippen molar-refractivity contribution in [2.45, 2.75) is 11.1 Å². The Morgan fingerprint density at radius 3 is 2.00 bits per heavy atom. The number of halogens is 4. The lowest BCUT2D eigenvalue weighted by molar-refractivity contribution is -0.192. The van der Waals surface area contributed by atoms with Gasteiger partial charge in [0.15, 0.2) is 0 Å². The molecule has 4 aromatic rings. The number of rotatable bonds is 5. The fourth-order valence-corrected chi connectivity index (χ4v) is 4.34. The highest BCUT2D eigenvalue weighted by molar-refractivity contribution is 7.92. The molecule has 0 aliphatic heterocycles. The molecule has 0 aliphatic carbocycles. The summed E-state index contributed by atoms with van der Waals surface area (Å²) in [7, 11) is -3.88. The van der Waals surface area contributed by atoms with E-state index in [1.807, 2.05) is 0 Å². The van der Waals surface area contributed by atoms with Crippen molar-refractivity contribution in [2.24, 2.45) is 0 Å². The molecule has 0 spiro atoms. The van der Waals surface area contributed by atoms with Gasteiger partial charge >= 0.3 is 12.1 Å². The van der Waals surface area contributed by atoms with E-state index in [9.17, 15) is 26.0 Å². The fourth-order valence-electron chi connectivity index (χ4n) is 3.05. The van der Waals surface area contributed by atoms with E-state index in [-0.39, 0.29) is 10.8 Å². The number of carboxylic acid groups (broad SMARTS) is 1. The van der Waals surface area contributed by atoms with E-state index in [1.165, 1.54) is 24.5 Å². The van der Waals surface area contributed by atoms with Gasteiger partial charge in [0.1, 0.15) is 5.82 Å². The Morgan fingerprint density at radius 2 is 1.43 bits per heavy atom. The number of anilines is 2. The van der Waals surface area contributed by atoms with Crippen LogP contribution in [0.1, 0.15) is 0 Å². The Labute approximate surface area is 208 Å². The van der Waals surface area contributed by atoms with Gasteiger partial charge in [-0.05, 0) is 29.8 Å². The van der Waals surface area contributed by atoms with Gasteiger partial charge in [-0.1, -0.05) is 48.5 Å². The van der Waals surface area contributed by atoms with Crippen LogP contribution in [-0.4, -0.2) is 35.6 Å². The molecule has 1 aromatic heterocycles. The van der Waals surface area contributed by atoms with Crippen molar-refractivity contribution < 1.29 is 35.9 Å². The minimum absolute atomic E-state index is 0.0526. The summed E-state index contributed by atoms with van der Waals surface area (Å²) in [4.78, 5) is 16.7. The molecular weight excluding hydrogens is 516 g/mol. The molecule has 1 heterocycles. The van der Waals surface area contributed by atoms with Crippen LogP contribution < -0.4 is 10.5 Å². The highest BCUT2D eigenvalue weighted by Crippen LogP contribution is 2.32. The standard InChI is InChI=1S/C22H17FN4O2S.C2HF3O2/c23-20-12-15(10-11-18(20)16-13-25-22(24)26-14-16)19-8-4-5-9-21(19)30(28,29)27-17-6-2-1-3-7-17;3-2(4,5)1(6)7/h1-14,27H,(H2,24,25,26);(H,6,7). The zero-order chi connectivity index (χ0) is 27.2. The van der Waals surface area contributed by atoms with Crippen LogP contribution in [0.4, 0.5) is 29.2 Å². The van der Waals surface area contributed by atoms with Crippen LogP contribution in [0.25, 0.3) is 22.3 Å². The third kappa shape index (κ3) is 7.01. The molecule has 0 amide bonds. The van der Waals surface area contributed by atoms with Crippen LogP contribution in [0.3, 0.4) is 0 Å². The minimum Gasteiger partial charge on any atom is -0.475 e. The minimum atomic E-state index is -5.08. The van der Waals surface area contributed by atoms with E-state index in [0.29, 0.717) is 27.9 Å². The number of benzene rings is 3. The molecule has 13 heteroatoms. The van der Waals surface area contributed by atoms with E-state index < -0.39 is 28.0 Å². The van der Waals surface area contributed by atoms with Crippen molar-refractivity contribution >= 4 is 27.6 Å². The quantitative estimate of drug-likeness (QED) is 0.308. The van der Waals surface area contributed by atoms with E-state index in [2.05, 4.69) is 14.7 Å². The number of nitrogens with zero attached hydrogens (tertiary/aromatic N) is 2. The summed E-state index contributed by atoms with van der Waals surface area (Å²) in [5.74, 6) is -3.18. The number of aromatic nitrogens is 2. The Morgan fingerprint density at radius 1 is 0.865 bits per heavy atom. The van der Waals surface area contributed by atoms with Crippen molar-refractivity contribution in [3.05, 3.63) is 91.0 Å². The summed E-state index contributed by atoms with van der Waals surface area (Å²) in [6.45, 7) is 0. The highest BCUT2D eigenvalue weighted by Gasteiger charge is 2.38. The number of sulfonamides is 1. The molecule has 0 radical (unpaired) electrons. The number of para-hydroxylation sites is 1. The van der Waals surface area contributed by atoms with E-state index in [1.54, 1.807) is 60.7 Å². The molecule has 8 nitrogen and oxygen atoms in total. The second-order valence-electron chi connectivity index (χ2n) is 7.30. The second-order valence-corrected chi connectivity index (χ2v) is 8.95. The van der Waals surface area contributed by atoms with Gasteiger partial charge in [0, 0.05) is 34.8 Å². The van der Waals surface area contributed by atoms with Gasteiger partial charge in [0.2, 0.25) is 5.95 Å². The van der Waals surface area contributed by atoms with Gasteiger partial charge < -0.3 is 10.8 Å². The maximum Gasteiger partial charge on any atom is 0.490 e. The maximum absolute atomic E-state index is 14.8. The maximum atomic E-state index is 14.8. The van der Waals surface area contributed by atoms with E-state index in [4.69, 9.17) is 15.6 Å². The van der Waals surface area contributed by atoms with Crippen LogP contribution in [-0.2, 0) is 14.8 Å². The number of hydrogen-bond acceptors (Lipinski definition) is 6. The molecule has 0 aliphatic rings. The lowest BCUT2D eigenvalue weighted by atomic mass is 10.0. The van der Waals surface area contributed by atoms with Gasteiger partial charge in [-0.2, -0.15) is 13.2 Å². The van der Waals surface area contributed by atoms with E-state index >= 15 is 0 Å². The first-order chi connectivity index (χ1) is 17.4. The van der Waals surface area contributed by atoms with Crippen molar-refractivity contribution in [3.63, 3.8) is 0 Å². The normalized spacial score (nSPS) is 11.2. The van der Waals surface area contributed by atoms with Crippen LogP contribution >= 0.6 is 0 Å². The molecule has 0 atom stereocenters. The van der Waals surface area contributed by atoms with Gasteiger partial charge in [0.25, 0.3) is 10.0 Å². The SMILES string of the molecule is Nc1ncc(-c2ccc(-c3ccccc3S(=O)(=O)Nc3ccccc3)cc2F)cn1.O=C(O)C(F)(F)F.